The molecular formula is C19H16Cl2N2O6. The maximum absolute atomic E-state index is 12.2. The molecule has 0 radical (unpaired) electrons. The van der Waals surface area contributed by atoms with Crippen LogP contribution >= 0.6 is 23.2 Å². The van der Waals surface area contributed by atoms with Crippen molar-refractivity contribution >= 4 is 46.7 Å². The highest BCUT2D eigenvalue weighted by Gasteiger charge is 2.20. The van der Waals surface area contributed by atoms with Gasteiger partial charge in [-0.05, 0) is 37.3 Å². The lowest BCUT2D eigenvalue weighted by molar-refractivity contribution is -0.152. The SMILES string of the molecule is C[C@@H](OC(=O)CNC(=O)c1ccc(Cl)cc1Cl)C(=O)Nc1ccc2c(c1)OCO2. The molecule has 3 rings (SSSR count). The van der Waals surface area contributed by atoms with E-state index in [1.807, 2.05) is 0 Å². The van der Waals surface area contributed by atoms with E-state index >= 15 is 0 Å². The van der Waals surface area contributed by atoms with Gasteiger partial charge in [0.25, 0.3) is 11.8 Å². The molecular weight excluding hydrogens is 423 g/mol. The Balaban J connectivity index is 1.48. The fraction of sp³-hybridized carbons (Fsp3) is 0.211. The minimum absolute atomic E-state index is 0.119. The molecule has 2 aromatic rings. The highest BCUT2D eigenvalue weighted by molar-refractivity contribution is 6.36. The molecule has 1 heterocycles. The fourth-order valence-electron chi connectivity index (χ4n) is 2.43. The maximum Gasteiger partial charge on any atom is 0.326 e. The van der Waals surface area contributed by atoms with Crippen LogP contribution in [0.3, 0.4) is 0 Å². The average Bonchev–Trinajstić information content (AvgIpc) is 3.14. The molecule has 1 aliphatic rings. The third-order valence-corrected chi connectivity index (χ3v) is 4.43. The normalized spacial score (nSPS) is 12.8. The summed E-state index contributed by atoms with van der Waals surface area (Å²) in [5.74, 6) is -0.794. The van der Waals surface area contributed by atoms with Crippen molar-refractivity contribution in [3.05, 3.63) is 52.0 Å². The van der Waals surface area contributed by atoms with E-state index in [1.165, 1.54) is 25.1 Å². The Morgan fingerprint density at radius 3 is 2.62 bits per heavy atom. The van der Waals surface area contributed by atoms with Crippen LogP contribution in [0, 0.1) is 0 Å². The number of rotatable bonds is 6. The molecule has 1 atom stereocenters. The van der Waals surface area contributed by atoms with Crippen LogP contribution in [0.2, 0.25) is 10.0 Å². The molecule has 0 saturated carbocycles. The first-order valence-corrected chi connectivity index (χ1v) is 9.22. The van der Waals surface area contributed by atoms with Gasteiger partial charge in [-0.2, -0.15) is 0 Å². The Bertz CT molecular complexity index is 966. The number of esters is 1. The summed E-state index contributed by atoms with van der Waals surface area (Å²) in [6, 6.07) is 9.25. The summed E-state index contributed by atoms with van der Waals surface area (Å²) in [7, 11) is 0. The summed E-state index contributed by atoms with van der Waals surface area (Å²) in [6.45, 7) is 1.10. The molecule has 29 heavy (non-hydrogen) atoms. The van der Waals surface area contributed by atoms with Crippen molar-refractivity contribution in [2.75, 3.05) is 18.7 Å². The van der Waals surface area contributed by atoms with Gasteiger partial charge in [-0.3, -0.25) is 14.4 Å². The summed E-state index contributed by atoms with van der Waals surface area (Å²) >= 11 is 11.7. The number of anilines is 1. The van der Waals surface area contributed by atoms with E-state index in [0.717, 1.165) is 0 Å². The fourth-order valence-corrected chi connectivity index (χ4v) is 2.93. The van der Waals surface area contributed by atoms with Crippen LogP contribution in [0.1, 0.15) is 17.3 Å². The van der Waals surface area contributed by atoms with Crippen LogP contribution in [0.4, 0.5) is 5.69 Å². The van der Waals surface area contributed by atoms with E-state index < -0.39 is 30.4 Å². The molecule has 0 saturated heterocycles. The Morgan fingerprint density at radius 1 is 1.10 bits per heavy atom. The van der Waals surface area contributed by atoms with Gasteiger partial charge in [0.05, 0.1) is 10.6 Å². The molecule has 10 heteroatoms. The number of carbonyl (C=O) groups excluding carboxylic acids is 3. The largest absolute Gasteiger partial charge is 0.454 e. The van der Waals surface area contributed by atoms with Crippen molar-refractivity contribution in [1.29, 1.82) is 0 Å². The average molecular weight is 439 g/mol. The van der Waals surface area contributed by atoms with Crippen molar-refractivity contribution in [2.24, 2.45) is 0 Å². The number of benzene rings is 2. The van der Waals surface area contributed by atoms with Crippen LogP contribution in [0.15, 0.2) is 36.4 Å². The molecule has 0 bridgehead atoms. The highest BCUT2D eigenvalue weighted by Crippen LogP contribution is 2.34. The molecule has 0 unspecified atom stereocenters. The molecule has 2 N–H and O–H groups in total. The maximum atomic E-state index is 12.2. The van der Waals surface area contributed by atoms with Gasteiger partial charge in [-0.15, -0.1) is 0 Å². The minimum Gasteiger partial charge on any atom is -0.454 e. The van der Waals surface area contributed by atoms with E-state index in [4.69, 9.17) is 37.4 Å². The number of ether oxygens (including phenoxy) is 3. The molecule has 152 valence electrons. The summed E-state index contributed by atoms with van der Waals surface area (Å²) in [6.07, 6.45) is -1.08. The Kier molecular flexibility index (Phi) is 6.46. The number of fused-ring (bicyclic) bond motifs is 1. The number of halogens is 2. The first-order valence-electron chi connectivity index (χ1n) is 8.46. The van der Waals surface area contributed by atoms with Gasteiger partial charge < -0.3 is 24.8 Å². The van der Waals surface area contributed by atoms with Crippen molar-refractivity contribution in [3.8, 4) is 11.5 Å². The number of hydrogen-bond acceptors (Lipinski definition) is 6. The van der Waals surface area contributed by atoms with E-state index in [-0.39, 0.29) is 17.4 Å². The van der Waals surface area contributed by atoms with Crippen molar-refractivity contribution in [3.63, 3.8) is 0 Å². The van der Waals surface area contributed by atoms with Crippen molar-refractivity contribution in [2.45, 2.75) is 13.0 Å². The van der Waals surface area contributed by atoms with E-state index in [1.54, 1.807) is 18.2 Å². The Labute approximate surface area is 176 Å². The molecule has 0 aromatic heterocycles. The van der Waals surface area contributed by atoms with E-state index in [9.17, 15) is 14.4 Å². The van der Waals surface area contributed by atoms with Gasteiger partial charge >= 0.3 is 5.97 Å². The molecule has 2 amide bonds. The second-order valence-electron chi connectivity index (χ2n) is 6.00. The minimum atomic E-state index is -1.08. The smallest absolute Gasteiger partial charge is 0.326 e. The third-order valence-electron chi connectivity index (χ3n) is 3.89. The number of amides is 2. The Hall–Kier alpha value is -2.97. The standard InChI is InChI=1S/C19H16Cl2N2O6/c1-10(18(25)23-12-3-5-15-16(7-12)28-9-27-15)29-17(24)8-22-19(26)13-4-2-11(20)6-14(13)21/h2-7,10H,8-9H2,1H3,(H,22,26)(H,23,25)/t10-/m1/s1. The van der Waals surface area contributed by atoms with E-state index in [2.05, 4.69) is 10.6 Å². The quantitative estimate of drug-likeness (QED) is 0.671. The van der Waals surface area contributed by atoms with Gasteiger partial charge in [-0.25, -0.2) is 0 Å². The van der Waals surface area contributed by atoms with Gasteiger partial charge in [0.1, 0.15) is 6.54 Å². The van der Waals surface area contributed by atoms with Gasteiger partial charge in [0.2, 0.25) is 6.79 Å². The second kappa shape index (κ2) is 9.02. The number of carbonyl (C=O) groups is 3. The monoisotopic (exact) mass is 438 g/mol. The zero-order chi connectivity index (χ0) is 21.0. The highest BCUT2D eigenvalue weighted by atomic mass is 35.5. The van der Waals surface area contributed by atoms with Gasteiger partial charge in [0, 0.05) is 16.8 Å². The molecule has 0 aliphatic carbocycles. The summed E-state index contributed by atoms with van der Waals surface area (Å²) in [5.41, 5.74) is 0.630. The third kappa shape index (κ3) is 5.30. The molecule has 2 aromatic carbocycles. The lowest BCUT2D eigenvalue weighted by atomic mass is 10.2. The van der Waals surface area contributed by atoms with Crippen LogP contribution in [0.25, 0.3) is 0 Å². The number of nitrogens with one attached hydrogen (secondary N) is 2. The lowest BCUT2D eigenvalue weighted by Gasteiger charge is -2.14. The molecule has 8 nitrogen and oxygen atoms in total. The first-order chi connectivity index (χ1) is 13.8. The van der Waals surface area contributed by atoms with Crippen LogP contribution in [-0.4, -0.2) is 37.2 Å². The number of hydrogen-bond donors (Lipinski definition) is 2. The molecule has 1 aliphatic heterocycles. The van der Waals surface area contributed by atoms with Crippen molar-refractivity contribution in [1.82, 2.24) is 5.32 Å². The van der Waals surface area contributed by atoms with Crippen molar-refractivity contribution < 1.29 is 28.6 Å². The Morgan fingerprint density at radius 2 is 1.86 bits per heavy atom. The molecule has 0 fully saturated rings. The second-order valence-corrected chi connectivity index (χ2v) is 6.84. The van der Waals surface area contributed by atoms with Gasteiger partial charge in [0.15, 0.2) is 17.6 Å². The predicted molar refractivity (Wildman–Crippen MR) is 106 cm³/mol. The zero-order valence-corrected chi connectivity index (χ0v) is 16.7. The topological polar surface area (TPSA) is 103 Å². The molecule has 0 spiro atoms. The zero-order valence-electron chi connectivity index (χ0n) is 15.2. The van der Waals surface area contributed by atoms with Crippen LogP contribution in [0.5, 0.6) is 11.5 Å². The summed E-state index contributed by atoms with van der Waals surface area (Å²) in [5, 5.41) is 5.52. The van der Waals surface area contributed by atoms with E-state index in [0.29, 0.717) is 22.2 Å². The lowest BCUT2D eigenvalue weighted by Crippen LogP contribution is -2.35. The van der Waals surface area contributed by atoms with Gasteiger partial charge in [-0.1, -0.05) is 23.2 Å². The first kappa shape index (κ1) is 20.8. The predicted octanol–water partition coefficient (Wildman–Crippen LogP) is 3.02. The summed E-state index contributed by atoms with van der Waals surface area (Å²) < 4.78 is 15.5. The van der Waals surface area contributed by atoms with Crippen LogP contribution in [-0.2, 0) is 14.3 Å². The van der Waals surface area contributed by atoms with Crippen LogP contribution < -0.4 is 20.1 Å². The summed E-state index contributed by atoms with van der Waals surface area (Å²) in [4.78, 5) is 36.2.